The monoisotopic (exact) mass is 494 g/mol. The Morgan fingerprint density at radius 1 is 1.03 bits per heavy atom. The number of nitrogens with one attached hydrogen (secondary N) is 1. The van der Waals surface area contributed by atoms with Crippen LogP contribution in [0.2, 0.25) is 5.02 Å². The molecule has 3 aromatic rings. The molecule has 174 valence electrons. The standard InChI is InChI=1S/C24H22ClF3N2O2S/c25-20-4-1-3-19(13-20)18-9-7-17(8-10-18)15-30-12-11-21(16-30)29-33(31)23-6-2-5-22(14-23)32-24(26,27)28/h1-10,13-14,21,29H,11-12,15-16H2/t21-,33+/m1/s1. The van der Waals surface area contributed by atoms with E-state index in [1.165, 1.54) is 23.8 Å². The summed E-state index contributed by atoms with van der Waals surface area (Å²) in [5.41, 5.74) is 3.32. The maximum Gasteiger partial charge on any atom is 0.573 e. The first kappa shape index (κ1) is 23.9. The Balaban J connectivity index is 1.30. The second-order valence-corrected chi connectivity index (χ2v) is 9.52. The molecule has 33 heavy (non-hydrogen) atoms. The number of halogens is 4. The molecule has 1 N–H and O–H groups in total. The second kappa shape index (κ2) is 10.4. The van der Waals surface area contributed by atoms with Crippen molar-refractivity contribution in [3.8, 4) is 16.9 Å². The summed E-state index contributed by atoms with van der Waals surface area (Å²) in [4.78, 5) is 2.50. The highest BCUT2D eigenvalue weighted by Crippen LogP contribution is 2.26. The third-order valence-corrected chi connectivity index (χ3v) is 6.78. The number of nitrogens with zero attached hydrogens (tertiary/aromatic N) is 1. The molecule has 1 aliphatic rings. The lowest BCUT2D eigenvalue weighted by Gasteiger charge is -2.18. The molecule has 0 aliphatic carbocycles. The van der Waals surface area contributed by atoms with Gasteiger partial charge in [0.1, 0.15) is 5.75 Å². The van der Waals surface area contributed by atoms with E-state index in [0.717, 1.165) is 36.7 Å². The molecule has 1 aliphatic heterocycles. The summed E-state index contributed by atoms with van der Waals surface area (Å²) in [6.45, 7) is 2.29. The van der Waals surface area contributed by atoms with Gasteiger partial charge < -0.3 is 9.29 Å². The van der Waals surface area contributed by atoms with Gasteiger partial charge in [0.25, 0.3) is 0 Å². The molecule has 2 atom stereocenters. The molecule has 1 heterocycles. The van der Waals surface area contributed by atoms with Crippen LogP contribution in [0.4, 0.5) is 13.2 Å². The Morgan fingerprint density at radius 3 is 2.52 bits per heavy atom. The summed E-state index contributed by atoms with van der Waals surface area (Å²) in [7, 11) is 0. The number of ether oxygens (including phenoxy) is 1. The van der Waals surface area contributed by atoms with Crippen LogP contribution in [-0.2, 0) is 17.9 Å². The van der Waals surface area contributed by atoms with Crippen LogP contribution < -0.4 is 9.46 Å². The minimum atomic E-state index is -4.79. The maximum atomic E-state index is 12.6. The SMILES string of the molecule is [O-][S@+](N[C@@H]1CCN(Cc2ccc(-c3cccc(Cl)c3)cc2)C1)c1cccc(OC(F)(F)F)c1. The molecule has 0 aromatic heterocycles. The van der Waals surface area contributed by atoms with Crippen molar-refractivity contribution in [3.05, 3.63) is 83.4 Å². The van der Waals surface area contributed by atoms with Gasteiger partial charge >= 0.3 is 6.36 Å². The van der Waals surface area contributed by atoms with Crippen molar-refractivity contribution >= 4 is 23.0 Å². The highest BCUT2D eigenvalue weighted by molar-refractivity contribution is 7.89. The van der Waals surface area contributed by atoms with Gasteiger partial charge in [0.2, 0.25) is 0 Å². The van der Waals surface area contributed by atoms with Crippen molar-refractivity contribution in [2.45, 2.75) is 30.3 Å². The normalized spacial score (nSPS) is 17.8. The van der Waals surface area contributed by atoms with E-state index in [-0.39, 0.29) is 16.7 Å². The van der Waals surface area contributed by atoms with E-state index in [4.69, 9.17) is 11.6 Å². The molecule has 1 fully saturated rings. The zero-order valence-electron chi connectivity index (χ0n) is 17.5. The molecule has 9 heteroatoms. The lowest BCUT2D eigenvalue weighted by atomic mass is 10.0. The summed E-state index contributed by atoms with van der Waals surface area (Å²) in [6.07, 6.45) is -3.99. The fourth-order valence-electron chi connectivity index (χ4n) is 3.81. The third-order valence-electron chi connectivity index (χ3n) is 5.32. The topological polar surface area (TPSA) is 47.6 Å². The highest BCUT2D eigenvalue weighted by atomic mass is 35.5. The lowest BCUT2D eigenvalue weighted by molar-refractivity contribution is -0.274. The van der Waals surface area contributed by atoms with Crippen molar-refractivity contribution in [2.75, 3.05) is 13.1 Å². The predicted molar refractivity (Wildman–Crippen MR) is 123 cm³/mol. The van der Waals surface area contributed by atoms with Crippen molar-refractivity contribution in [3.63, 3.8) is 0 Å². The van der Waals surface area contributed by atoms with E-state index < -0.39 is 17.7 Å². The maximum absolute atomic E-state index is 12.6. The van der Waals surface area contributed by atoms with Gasteiger partial charge in [0.15, 0.2) is 4.90 Å². The minimum Gasteiger partial charge on any atom is -0.593 e. The van der Waals surface area contributed by atoms with Crippen LogP contribution in [0, 0.1) is 0 Å². The molecular formula is C24H22ClF3N2O2S. The molecule has 3 aromatic carbocycles. The average molecular weight is 495 g/mol. The van der Waals surface area contributed by atoms with E-state index >= 15 is 0 Å². The molecule has 0 unspecified atom stereocenters. The summed E-state index contributed by atoms with van der Waals surface area (Å²) in [5.74, 6) is -0.385. The van der Waals surface area contributed by atoms with E-state index in [0.29, 0.717) is 11.6 Å². The number of likely N-dealkylation sites (tertiary alicyclic amines) is 1. The zero-order valence-corrected chi connectivity index (χ0v) is 19.1. The van der Waals surface area contributed by atoms with Crippen molar-refractivity contribution in [1.29, 1.82) is 0 Å². The van der Waals surface area contributed by atoms with E-state index in [2.05, 4.69) is 38.6 Å². The molecule has 1 saturated heterocycles. The van der Waals surface area contributed by atoms with Crippen LogP contribution in [0.5, 0.6) is 5.75 Å². The van der Waals surface area contributed by atoms with Crippen molar-refractivity contribution in [1.82, 2.24) is 9.62 Å². The minimum absolute atomic E-state index is 0.0243. The van der Waals surface area contributed by atoms with Gasteiger partial charge in [-0.05, 0) is 47.4 Å². The Kier molecular flexibility index (Phi) is 7.51. The van der Waals surface area contributed by atoms with Gasteiger partial charge in [-0.1, -0.05) is 54.1 Å². The van der Waals surface area contributed by atoms with E-state index in [1.54, 1.807) is 0 Å². The van der Waals surface area contributed by atoms with Gasteiger partial charge in [-0.15, -0.1) is 17.9 Å². The Hall–Kier alpha value is -2.23. The van der Waals surface area contributed by atoms with Gasteiger partial charge in [-0.25, -0.2) is 0 Å². The summed E-state index contributed by atoms with van der Waals surface area (Å²) in [5, 5.41) is 0.698. The zero-order chi connectivity index (χ0) is 23.4. The van der Waals surface area contributed by atoms with Crippen LogP contribution >= 0.6 is 11.6 Å². The quantitative estimate of drug-likeness (QED) is 0.422. The summed E-state index contributed by atoms with van der Waals surface area (Å²) in [6, 6.07) is 21.2. The highest BCUT2D eigenvalue weighted by Gasteiger charge is 2.32. The van der Waals surface area contributed by atoms with Crippen LogP contribution in [0.15, 0.2) is 77.7 Å². The number of alkyl halides is 3. The first-order chi connectivity index (χ1) is 15.7. The molecular weight excluding hydrogens is 473 g/mol. The Bertz CT molecular complexity index is 1080. The molecule has 4 rings (SSSR count). The number of rotatable bonds is 7. The van der Waals surface area contributed by atoms with Crippen molar-refractivity contribution in [2.24, 2.45) is 0 Å². The average Bonchev–Trinajstić information content (AvgIpc) is 3.20. The number of hydrogen-bond acceptors (Lipinski definition) is 4. The largest absolute Gasteiger partial charge is 0.593 e. The van der Waals surface area contributed by atoms with Crippen LogP contribution in [-0.4, -0.2) is 34.9 Å². The molecule has 0 radical (unpaired) electrons. The Morgan fingerprint density at radius 2 is 1.79 bits per heavy atom. The lowest BCUT2D eigenvalue weighted by Crippen LogP contribution is -2.37. The molecule has 0 spiro atoms. The first-order valence-electron chi connectivity index (χ1n) is 10.4. The molecule has 4 nitrogen and oxygen atoms in total. The van der Waals surface area contributed by atoms with Gasteiger partial charge in [-0.3, -0.25) is 4.90 Å². The number of hydrogen-bond donors (Lipinski definition) is 1. The van der Waals surface area contributed by atoms with Crippen LogP contribution in [0.1, 0.15) is 12.0 Å². The van der Waals surface area contributed by atoms with Gasteiger partial charge in [0.05, 0.1) is 17.4 Å². The van der Waals surface area contributed by atoms with E-state index in [9.17, 15) is 17.7 Å². The predicted octanol–water partition coefficient (Wildman–Crippen LogP) is 5.79. The summed E-state index contributed by atoms with van der Waals surface area (Å²) >= 11 is 4.44. The van der Waals surface area contributed by atoms with Crippen molar-refractivity contribution < 1.29 is 22.5 Å². The first-order valence-corrected chi connectivity index (χ1v) is 11.9. The fourth-order valence-corrected chi connectivity index (χ4v) is 5.05. The summed E-state index contributed by atoms with van der Waals surface area (Å²) < 4.78 is 56.8. The molecule has 0 bridgehead atoms. The Labute approximate surface area is 198 Å². The van der Waals surface area contributed by atoms with Crippen LogP contribution in [0.25, 0.3) is 11.1 Å². The second-order valence-electron chi connectivity index (χ2n) is 7.84. The van der Waals surface area contributed by atoms with E-state index in [1.807, 2.05) is 24.3 Å². The molecule has 0 amide bonds. The number of benzene rings is 3. The fraction of sp³-hybridized carbons (Fsp3) is 0.250. The molecule has 0 saturated carbocycles. The van der Waals surface area contributed by atoms with Crippen LogP contribution in [0.3, 0.4) is 0 Å². The third kappa shape index (κ3) is 6.88. The van der Waals surface area contributed by atoms with Gasteiger partial charge in [0, 0.05) is 30.7 Å². The smallest absolute Gasteiger partial charge is 0.573 e. The van der Waals surface area contributed by atoms with Gasteiger partial charge in [-0.2, -0.15) is 0 Å².